The Kier molecular flexibility index (Phi) is 3.19. The molecule has 0 aliphatic carbocycles. The van der Waals surface area contributed by atoms with Gasteiger partial charge < -0.3 is 8.83 Å². The Bertz CT molecular complexity index is 2870. The average Bonchev–Trinajstić information content (AvgIpc) is 3.84. The summed E-state index contributed by atoms with van der Waals surface area (Å²) in [5.41, 5.74) is 8.24. The SMILES string of the molecule is [2H]C([2H])([2H])c1nn2c3c(cc4c5ccccc5oc4c13)B1c3c-2cc(C(C)(C)C)cc3-n2nc(C([2H])([2H])[2H])c3c4oc5ccccc5c4cc1c32. The largest absolute Gasteiger partial charge is 0.455 e. The highest BCUT2D eigenvalue weighted by molar-refractivity contribution is 7.00. The molecule has 214 valence electrons. The molecule has 2 aliphatic heterocycles. The zero-order chi connectivity index (χ0) is 35.1. The third-order valence-electron chi connectivity index (χ3n) is 10.0. The molecule has 0 bridgehead atoms. The molecule has 7 heteroatoms. The van der Waals surface area contributed by atoms with E-state index < -0.39 is 20.4 Å². The van der Waals surface area contributed by atoms with Crippen molar-refractivity contribution in [3.05, 3.63) is 89.7 Å². The van der Waals surface area contributed by atoms with E-state index in [0.29, 0.717) is 44.1 Å². The Morgan fingerprint density at radius 2 is 1.16 bits per heavy atom. The van der Waals surface area contributed by atoms with E-state index in [1.165, 1.54) is 0 Å². The van der Waals surface area contributed by atoms with Crippen molar-refractivity contribution in [2.24, 2.45) is 0 Å². The third-order valence-corrected chi connectivity index (χ3v) is 10.0. The quantitative estimate of drug-likeness (QED) is 0.176. The first-order chi connectivity index (χ1) is 24.2. The van der Waals surface area contributed by atoms with Crippen molar-refractivity contribution in [1.29, 1.82) is 0 Å². The van der Waals surface area contributed by atoms with Gasteiger partial charge in [-0.15, -0.1) is 0 Å². The lowest BCUT2D eigenvalue weighted by molar-refractivity contribution is 0.589. The maximum absolute atomic E-state index is 8.66. The number of aromatic nitrogens is 4. The highest BCUT2D eigenvalue weighted by atomic mass is 16.3. The number of para-hydroxylation sites is 2. The standard InChI is InChI=1S/C38H27BN4O2/c1-18-31-34-25(16-23-21-10-6-8-12-29(21)44-36(23)31)39-26-17-24-22-11-7-9-13-30(22)45-37(24)32-19(2)41-43(35(26)32)28-15-20(38(3,4)5)14-27(33(28)39)42(34)40-18/h6-17H,1-5H3/i1D3,2D3. The van der Waals surface area contributed by atoms with E-state index in [1.54, 1.807) is 9.36 Å². The van der Waals surface area contributed by atoms with Crippen LogP contribution in [0, 0.1) is 13.7 Å². The number of benzene rings is 5. The average molecular weight is 589 g/mol. The molecule has 6 nitrogen and oxygen atoms in total. The Balaban J connectivity index is 1.41. The van der Waals surface area contributed by atoms with Crippen molar-refractivity contribution >= 4 is 88.8 Å². The molecule has 0 saturated heterocycles. The van der Waals surface area contributed by atoms with E-state index in [-0.39, 0.29) is 16.8 Å². The third kappa shape index (κ3) is 2.71. The van der Waals surface area contributed by atoms with Crippen molar-refractivity contribution in [3.63, 3.8) is 0 Å². The minimum absolute atomic E-state index is 0.0270. The monoisotopic (exact) mass is 588 g/mol. The molecule has 0 spiro atoms. The summed E-state index contributed by atoms with van der Waals surface area (Å²) in [6, 6.07) is 23.8. The molecule has 0 radical (unpaired) electrons. The fourth-order valence-corrected chi connectivity index (χ4v) is 8.01. The number of fused-ring (bicyclic) bond motifs is 12. The predicted octanol–water partition coefficient (Wildman–Crippen LogP) is 7.22. The van der Waals surface area contributed by atoms with E-state index in [0.717, 1.165) is 54.9 Å². The number of nitrogens with zero attached hydrogens (tertiary/aromatic N) is 4. The highest BCUT2D eigenvalue weighted by Crippen LogP contribution is 2.41. The molecule has 11 rings (SSSR count). The molecule has 0 N–H and O–H groups in total. The van der Waals surface area contributed by atoms with E-state index in [4.69, 9.17) is 27.3 Å². The Morgan fingerprint density at radius 3 is 1.62 bits per heavy atom. The van der Waals surface area contributed by atoms with Gasteiger partial charge >= 0.3 is 0 Å². The van der Waals surface area contributed by atoms with Crippen LogP contribution in [0.4, 0.5) is 0 Å². The van der Waals surface area contributed by atoms with Gasteiger partial charge in [-0.05, 0) is 65.3 Å². The van der Waals surface area contributed by atoms with Crippen LogP contribution in [0.2, 0.25) is 0 Å². The van der Waals surface area contributed by atoms with Crippen LogP contribution in [-0.4, -0.2) is 26.3 Å². The molecule has 0 saturated carbocycles. The lowest BCUT2D eigenvalue weighted by Crippen LogP contribution is -2.59. The van der Waals surface area contributed by atoms with Crippen LogP contribution >= 0.6 is 0 Å². The molecule has 5 aromatic carbocycles. The molecule has 0 unspecified atom stereocenters. The number of furan rings is 2. The molecule has 45 heavy (non-hydrogen) atoms. The predicted molar refractivity (Wildman–Crippen MR) is 183 cm³/mol. The minimum Gasteiger partial charge on any atom is -0.455 e. The molecule has 4 aromatic heterocycles. The molecule has 0 atom stereocenters. The lowest BCUT2D eigenvalue weighted by Gasteiger charge is -2.33. The van der Waals surface area contributed by atoms with Gasteiger partial charge in [-0.2, -0.15) is 10.2 Å². The topological polar surface area (TPSA) is 61.9 Å². The van der Waals surface area contributed by atoms with E-state index in [9.17, 15) is 0 Å². The van der Waals surface area contributed by atoms with Crippen molar-refractivity contribution < 1.29 is 17.1 Å². The first-order valence-electron chi connectivity index (χ1n) is 18.1. The second-order valence-electron chi connectivity index (χ2n) is 13.5. The van der Waals surface area contributed by atoms with Crippen LogP contribution in [0.1, 0.15) is 45.9 Å². The molecular formula is C38H27BN4O2. The fraction of sp³-hybridized carbons (Fsp3) is 0.158. The molecule has 2 aliphatic rings. The summed E-state index contributed by atoms with van der Waals surface area (Å²) in [7, 11) is 0. The smallest absolute Gasteiger partial charge is 0.252 e. The minimum atomic E-state index is -2.54. The Hall–Kier alpha value is -5.30. The first-order valence-corrected chi connectivity index (χ1v) is 15.1. The van der Waals surface area contributed by atoms with Crippen LogP contribution < -0.4 is 16.4 Å². The summed E-state index contributed by atoms with van der Waals surface area (Å²) in [5.74, 6) is 0. The van der Waals surface area contributed by atoms with Crippen molar-refractivity contribution in [1.82, 2.24) is 19.6 Å². The van der Waals surface area contributed by atoms with Crippen LogP contribution in [0.25, 0.3) is 77.1 Å². The Morgan fingerprint density at radius 1 is 0.667 bits per heavy atom. The van der Waals surface area contributed by atoms with Crippen molar-refractivity contribution in [3.8, 4) is 11.4 Å². The maximum atomic E-state index is 8.66. The van der Waals surface area contributed by atoms with Gasteiger partial charge in [0.25, 0.3) is 6.71 Å². The summed E-state index contributed by atoms with van der Waals surface area (Å²) in [4.78, 5) is 0. The molecule has 9 aromatic rings. The second-order valence-corrected chi connectivity index (χ2v) is 13.5. The van der Waals surface area contributed by atoms with Crippen LogP contribution in [0.15, 0.2) is 81.6 Å². The Labute approximate surface area is 266 Å². The van der Waals surface area contributed by atoms with Gasteiger partial charge in [-0.25, -0.2) is 9.36 Å². The van der Waals surface area contributed by atoms with Crippen LogP contribution in [0.3, 0.4) is 0 Å². The van der Waals surface area contributed by atoms with Crippen molar-refractivity contribution in [2.75, 3.05) is 0 Å². The molecule has 6 heterocycles. The van der Waals surface area contributed by atoms with E-state index in [1.807, 2.05) is 48.5 Å². The van der Waals surface area contributed by atoms with E-state index in [2.05, 4.69) is 45.0 Å². The molecular weight excluding hydrogens is 555 g/mol. The van der Waals surface area contributed by atoms with Gasteiger partial charge in [0, 0.05) is 29.8 Å². The van der Waals surface area contributed by atoms with Gasteiger partial charge in [-0.3, -0.25) is 0 Å². The molecule has 0 fully saturated rings. The lowest BCUT2D eigenvalue weighted by atomic mass is 9.34. The maximum Gasteiger partial charge on any atom is 0.252 e. The summed E-state index contributed by atoms with van der Waals surface area (Å²) in [6.07, 6.45) is 0. The highest BCUT2D eigenvalue weighted by Gasteiger charge is 2.43. The molecule has 0 amide bonds. The fourth-order valence-electron chi connectivity index (χ4n) is 8.01. The van der Waals surface area contributed by atoms with Gasteiger partial charge in [0.05, 0.1) is 44.6 Å². The zero-order valence-corrected chi connectivity index (χ0v) is 24.6. The van der Waals surface area contributed by atoms with Gasteiger partial charge in [-0.1, -0.05) is 69.3 Å². The van der Waals surface area contributed by atoms with Gasteiger partial charge in [0.15, 0.2) is 0 Å². The second kappa shape index (κ2) is 7.49. The van der Waals surface area contributed by atoms with Crippen LogP contribution in [0.5, 0.6) is 0 Å². The van der Waals surface area contributed by atoms with Crippen LogP contribution in [-0.2, 0) is 5.41 Å². The first kappa shape index (κ1) is 19.2. The summed E-state index contributed by atoms with van der Waals surface area (Å²) >= 11 is 0. The van der Waals surface area contributed by atoms with Crippen molar-refractivity contribution in [2.45, 2.75) is 39.9 Å². The van der Waals surface area contributed by atoms with E-state index >= 15 is 0 Å². The number of hydrogen-bond acceptors (Lipinski definition) is 4. The normalized spacial score (nSPS) is 16.4. The zero-order valence-electron chi connectivity index (χ0n) is 30.6. The number of hydrogen-bond donors (Lipinski definition) is 0. The summed E-state index contributed by atoms with van der Waals surface area (Å²) in [6.45, 7) is 0.835. The number of aryl methyl sites for hydroxylation is 2. The summed E-state index contributed by atoms with van der Waals surface area (Å²) < 4.78 is 68.4. The number of rotatable bonds is 0. The van der Waals surface area contributed by atoms with Gasteiger partial charge in [0.1, 0.15) is 22.3 Å². The summed E-state index contributed by atoms with van der Waals surface area (Å²) in [5, 5.41) is 14.1. The van der Waals surface area contributed by atoms with Gasteiger partial charge in [0.2, 0.25) is 0 Å².